The Labute approximate surface area is 75.6 Å². The minimum atomic E-state index is 0.680. The third kappa shape index (κ3) is 4.16. The summed E-state index contributed by atoms with van der Waals surface area (Å²) in [5, 5.41) is 4.17. The molecule has 0 fully saturated rings. The topological polar surface area (TPSA) is 17.8 Å². The molecule has 0 aliphatic rings. The van der Waals surface area contributed by atoms with Gasteiger partial charge in [0.25, 0.3) is 0 Å². The molecular weight excluding hydrogens is 148 g/mol. The van der Waals surface area contributed by atoms with E-state index in [0.29, 0.717) is 5.92 Å². The summed E-state index contributed by atoms with van der Waals surface area (Å²) in [7, 11) is 0. The molecule has 1 aromatic rings. The van der Waals surface area contributed by atoms with E-state index >= 15 is 0 Å². The van der Waals surface area contributed by atoms with Crippen LogP contribution in [0.2, 0.25) is 0 Å². The normalized spacial score (nSPS) is 9.50. The summed E-state index contributed by atoms with van der Waals surface area (Å²) in [5.74, 6) is 0.680. The highest BCUT2D eigenvalue weighted by molar-refractivity contribution is 4.99. The third-order valence-corrected chi connectivity index (χ3v) is 1.31. The first-order valence-corrected chi connectivity index (χ1v) is 4.67. The van der Waals surface area contributed by atoms with Crippen LogP contribution in [0.3, 0.4) is 0 Å². The van der Waals surface area contributed by atoms with Crippen molar-refractivity contribution in [3.05, 3.63) is 18.0 Å². The third-order valence-electron chi connectivity index (χ3n) is 1.31. The zero-order valence-corrected chi connectivity index (χ0v) is 8.83. The molecule has 0 amide bonds. The van der Waals surface area contributed by atoms with E-state index in [1.54, 1.807) is 0 Å². The van der Waals surface area contributed by atoms with Gasteiger partial charge < -0.3 is 0 Å². The zero-order valence-electron chi connectivity index (χ0n) is 8.83. The van der Waals surface area contributed by atoms with Crippen molar-refractivity contribution in [2.24, 2.45) is 5.92 Å². The molecule has 1 heterocycles. The van der Waals surface area contributed by atoms with Crippen molar-refractivity contribution in [2.75, 3.05) is 0 Å². The predicted molar refractivity (Wildman–Crippen MR) is 53.2 cm³/mol. The van der Waals surface area contributed by atoms with Crippen LogP contribution in [0.5, 0.6) is 0 Å². The number of rotatable bonds is 2. The monoisotopic (exact) mass is 168 g/mol. The van der Waals surface area contributed by atoms with Gasteiger partial charge in [-0.05, 0) is 18.4 Å². The second-order valence-corrected chi connectivity index (χ2v) is 3.13. The summed E-state index contributed by atoms with van der Waals surface area (Å²) in [6.07, 6.45) is 3.96. The van der Waals surface area contributed by atoms with Crippen LogP contribution in [0.4, 0.5) is 0 Å². The Kier molecular flexibility index (Phi) is 5.43. The molecule has 0 radical (unpaired) electrons. The van der Waals surface area contributed by atoms with Gasteiger partial charge >= 0.3 is 0 Å². The molecule has 2 nitrogen and oxygen atoms in total. The van der Waals surface area contributed by atoms with Gasteiger partial charge in [0.15, 0.2) is 0 Å². The van der Waals surface area contributed by atoms with Gasteiger partial charge in [0.2, 0.25) is 0 Å². The van der Waals surface area contributed by atoms with Gasteiger partial charge in [-0.3, -0.25) is 4.68 Å². The van der Waals surface area contributed by atoms with Gasteiger partial charge in [-0.2, -0.15) is 5.10 Å². The first-order chi connectivity index (χ1) is 5.68. The van der Waals surface area contributed by atoms with Crippen LogP contribution in [0.25, 0.3) is 0 Å². The van der Waals surface area contributed by atoms with Crippen molar-refractivity contribution in [1.29, 1.82) is 0 Å². The lowest BCUT2D eigenvalue weighted by Gasteiger charge is -2.02. The summed E-state index contributed by atoms with van der Waals surface area (Å²) in [4.78, 5) is 0. The highest BCUT2D eigenvalue weighted by Crippen LogP contribution is 1.99. The molecule has 70 valence electrons. The van der Waals surface area contributed by atoms with Crippen molar-refractivity contribution in [1.82, 2.24) is 9.78 Å². The second-order valence-electron chi connectivity index (χ2n) is 3.13. The van der Waals surface area contributed by atoms with Crippen LogP contribution in [-0.2, 0) is 6.54 Å². The summed E-state index contributed by atoms with van der Waals surface area (Å²) in [6.45, 7) is 11.5. The van der Waals surface area contributed by atoms with E-state index in [4.69, 9.17) is 0 Å². The molecule has 0 spiro atoms. The van der Waals surface area contributed by atoms with E-state index in [-0.39, 0.29) is 0 Å². The zero-order chi connectivity index (χ0) is 9.56. The molecule has 0 N–H and O–H groups in total. The second kappa shape index (κ2) is 5.81. The largest absolute Gasteiger partial charge is 0.272 e. The van der Waals surface area contributed by atoms with E-state index in [0.717, 1.165) is 6.54 Å². The van der Waals surface area contributed by atoms with Crippen molar-refractivity contribution in [2.45, 2.75) is 41.2 Å². The van der Waals surface area contributed by atoms with Gasteiger partial charge in [-0.15, -0.1) is 0 Å². The summed E-state index contributed by atoms with van der Waals surface area (Å²) in [6, 6.07) is 0. The smallest absolute Gasteiger partial charge is 0.0518 e. The van der Waals surface area contributed by atoms with E-state index in [2.05, 4.69) is 32.1 Å². The number of hydrogen-bond acceptors (Lipinski definition) is 1. The molecule has 0 aromatic carbocycles. The van der Waals surface area contributed by atoms with Crippen molar-refractivity contribution < 1.29 is 0 Å². The van der Waals surface area contributed by atoms with E-state index in [1.165, 1.54) is 5.56 Å². The number of aromatic nitrogens is 2. The Hall–Kier alpha value is -0.790. The van der Waals surface area contributed by atoms with Gasteiger partial charge in [0.05, 0.1) is 6.20 Å². The fraction of sp³-hybridized carbons (Fsp3) is 0.700. The van der Waals surface area contributed by atoms with Crippen molar-refractivity contribution in [3.8, 4) is 0 Å². The molecule has 0 aliphatic carbocycles. The lowest BCUT2D eigenvalue weighted by Crippen LogP contribution is -2.03. The van der Waals surface area contributed by atoms with Crippen LogP contribution in [0.1, 0.15) is 33.3 Å². The average molecular weight is 168 g/mol. The van der Waals surface area contributed by atoms with Crippen LogP contribution in [0, 0.1) is 12.8 Å². The highest BCUT2D eigenvalue weighted by atomic mass is 15.3. The molecule has 0 saturated heterocycles. The van der Waals surface area contributed by atoms with Crippen LogP contribution in [0.15, 0.2) is 12.4 Å². The fourth-order valence-corrected chi connectivity index (χ4v) is 0.941. The lowest BCUT2D eigenvalue weighted by molar-refractivity contribution is 0.483. The first kappa shape index (κ1) is 11.2. The summed E-state index contributed by atoms with van der Waals surface area (Å²) in [5.41, 5.74) is 1.24. The van der Waals surface area contributed by atoms with Crippen LogP contribution >= 0.6 is 0 Å². The Morgan fingerprint density at radius 2 is 2.00 bits per heavy atom. The average Bonchev–Trinajstić information content (AvgIpc) is 2.39. The fourth-order valence-electron chi connectivity index (χ4n) is 0.941. The highest BCUT2D eigenvalue weighted by Gasteiger charge is 1.96. The molecule has 1 rings (SSSR count). The van der Waals surface area contributed by atoms with Crippen LogP contribution < -0.4 is 0 Å². The molecule has 0 saturated carbocycles. The van der Waals surface area contributed by atoms with Crippen molar-refractivity contribution in [3.63, 3.8) is 0 Å². The number of aryl methyl sites for hydroxylation is 1. The minimum Gasteiger partial charge on any atom is -0.272 e. The maximum Gasteiger partial charge on any atom is 0.0518 e. The molecule has 0 atom stereocenters. The lowest BCUT2D eigenvalue weighted by atomic mass is 10.2. The Morgan fingerprint density at radius 1 is 1.42 bits per heavy atom. The van der Waals surface area contributed by atoms with Gasteiger partial charge in [-0.25, -0.2) is 0 Å². The molecule has 2 heteroatoms. The van der Waals surface area contributed by atoms with E-state index in [9.17, 15) is 0 Å². The maximum atomic E-state index is 4.17. The number of hydrogen-bond donors (Lipinski definition) is 0. The Morgan fingerprint density at radius 3 is 2.33 bits per heavy atom. The first-order valence-electron chi connectivity index (χ1n) is 4.67. The quantitative estimate of drug-likeness (QED) is 0.664. The predicted octanol–water partition coefficient (Wildman–Crippen LogP) is 2.87. The maximum absolute atomic E-state index is 4.17. The van der Waals surface area contributed by atoms with E-state index in [1.807, 2.05) is 24.7 Å². The summed E-state index contributed by atoms with van der Waals surface area (Å²) < 4.78 is 1.99. The standard InChI is InChI=1S/C8H14N2.C2H6/c1-7(2)5-10-6-8(3)4-9-10;1-2/h4,6-7H,5H2,1-3H3;1-2H3. The molecule has 0 bridgehead atoms. The Bertz CT molecular complexity index is 201. The molecule has 12 heavy (non-hydrogen) atoms. The van der Waals surface area contributed by atoms with E-state index < -0.39 is 0 Å². The van der Waals surface area contributed by atoms with Crippen molar-refractivity contribution >= 4 is 0 Å². The summed E-state index contributed by atoms with van der Waals surface area (Å²) >= 11 is 0. The van der Waals surface area contributed by atoms with Crippen LogP contribution in [-0.4, -0.2) is 9.78 Å². The minimum absolute atomic E-state index is 0.680. The molecule has 0 unspecified atom stereocenters. The van der Waals surface area contributed by atoms with Gasteiger partial charge in [0, 0.05) is 12.7 Å². The molecule has 0 aliphatic heterocycles. The van der Waals surface area contributed by atoms with Gasteiger partial charge in [0.1, 0.15) is 0 Å². The van der Waals surface area contributed by atoms with Gasteiger partial charge in [-0.1, -0.05) is 27.7 Å². The number of nitrogens with zero attached hydrogens (tertiary/aromatic N) is 2. The molecular formula is C10H20N2. The molecule has 1 aromatic heterocycles. The Balaban J connectivity index is 0.000000561. The SMILES string of the molecule is CC.Cc1cnn(CC(C)C)c1.